The number of rotatable bonds is 8. The second kappa shape index (κ2) is 9.69. The van der Waals surface area contributed by atoms with E-state index in [1.54, 1.807) is 0 Å². The Bertz CT molecular complexity index is 198. The Labute approximate surface area is 103 Å². The van der Waals surface area contributed by atoms with Crippen LogP contribution in [0.15, 0.2) is 24.3 Å². The minimum absolute atomic E-state index is 0.568. The van der Waals surface area contributed by atoms with Crippen LogP contribution in [0.4, 0.5) is 0 Å². The van der Waals surface area contributed by atoms with E-state index in [9.17, 15) is 0 Å². The van der Waals surface area contributed by atoms with Crippen LogP contribution in [-0.4, -0.2) is 0 Å². The van der Waals surface area contributed by atoms with Crippen LogP contribution in [0.1, 0.15) is 53.4 Å². The summed E-state index contributed by atoms with van der Waals surface area (Å²) in [6.45, 7) is 13.0. The van der Waals surface area contributed by atoms with Gasteiger partial charge in [-0.05, 0) is 37.0 Å². The predicted molar refractivity (Wildman–Crippen MR) is 75.3 cm³/mol. The summed E-state index contributed by atoms with van der Waals surface area (Å²) in [4.78, 5) is 0. The molecule has 3 unspecified atom stereocenters. The van der Waals surface area contributed by atoms with Gasteiger partial charge < -0.3 is 0 Å². The van der Waals surface area contributed by atoms with E-state index in [0.29, 0.717) is 5.92 Å². The van der Waals surface area contributed by atoms with Crippen molar-refractivity contribution in [3.63, 3.8) is 0 Å². The fraction of sp³-hybridized carbons (Fsp3) is 0.688. The van der Waals surface area contributed by atoms with Gasteiger partial charge in [0, 0.05) is 0 Å². The third kappa shape index (κ3) is 8.76. The van der Waals surface area contributed by atoms with Crippen LogP contribution in [0.5, 0.6) is 0 Å². The normalized spacial score (nSPS) is 16.4. The molecule has 0 aromatic carbocycles. The summed E-state index contributed by atoms with van der Waals surface area (Å²) in [6, 6.07) is 0. The van der Waals surface area contributed by atoms with Gasteiger partial charge in [0.15, 0.2) is 0 Å². The molecule has 3 atom stereocenters. The molecule has 0 fully saturated rings. The summed E-state index contributed by atoms with van der Waals surface area (Å²) in [5.41, 5.74) is 0. The zero-order valence-corrected chi connectivity index (χ0v) is 11.6. The summed E-state index contributed by atoms with van der Waals surface area (Å²) in [7, 11) is 0. The molecule has 0 nitrogen and oxygen atoms in total. The first-order chi connectivity index (χ1) is 7.57. The number of hydrogen-bond acceptors (Lipinski definition) is 0. The van der Waals surface area contributed by atoms with Gasteiger partial charge >= 0.3 is 0 Å². The zero-order chi connectivity index (χ0) is 12.4. The van der Waals surface area contributed by atoms with Gasteiger partial charge in [-0.2, -0.15) is 0 Å². The third-order valence-corrected chi connectivity index (χ3v) is 3.31. The average molecular weight is 221 g/mol. The average Bonchev–Trinajstić information content (AvgIpc) is 2.26. The smallest absolute Gasteiger partial charge is 0.0169 e. The SMILES string of the molecule is [CH2]C(C)C(C)CCC=CCC=CC(C)CC. The molecule has 0 rings (SSSR count). The van der Waals surface area contributed by atoms with Gasteiger partial charge in [-0.25, -0.2) is 0 Å². The molecule has 0 spiro atoms. The summed E-state index contributed by atoms with van der Waals surface area (Å²) >= 11 is 0. The second-order valence-electron chi connectivity index (χ2n) is 5.05. The van der Waals surface area contributed by atoms with Gasteiger partial charge in [-0.1, -0.05) is 65.3 Å². The van der Waals surface area contributed by atoms with Gasteiger partial charge in [0.1, 0.15) is 0 Å². The maximum atomic E-state index is 4.06. The Hall–Kier alpha value is -0.520. The fourth-order valence-corrected chi connectivity index (χ4v) is 1.38. The third-order valence-electron chi connectivity index (χ3n) is 3.31. The molecule has 0 aliphatic carbocycles. The topological polar surface area (TPSA) is 0 Å². The van der Waals surface area contributed by atoms with E-state index in [1.165, 1.54) is 19.3 Å². The second-order valence-corrected chi connectivity index (χ2v) is 5.05. The van der Waals surface area contributed by atoms with Gasteiger partial charge in [-0.15, -0.1) is 0 Å². The Kier molecular flexibility index (Phi) is 9.37. The van der Waals surface area contributed by atoms with Crippen LogP contribution in [0.2, 0.25) is 0 Å². The van der Waals surface area contributed by atoms with Crippen LogP contribution in [0, 0.1) is 24.7 Å². The molecule has 0 saturated carbocycles. The van der Waals surface area contributed by atoms with Crippen molar-refractivity contribution in [3.05, 3.63) is 31.2 Å². The molecular formula is C16H29. The van der Waals surface area contributed by atoms with Crippen molar-refractivity contribution < 1.29 is 0 Å². The van der Waals surface area contributed by atoms with E-state index >= 15 is 0 Å². The zero-order valence-electron chi connectivity index (χ0n) is 11.6. The van der Waals surface area contributed by atoms with E-state index in [-0.39, 0.29) is 0 Å². The monoisotopic (exact) mass is 221 g/mol. The van der Waals surface area contributed by atoms with Crippen LogP contribution in [0.25, 0.3) is 0 Å². The Balaban J connectivity index is 3.52. The molecule has 16 heavy (non-hydrogen) atoms. The first kappa shape index (κ1) is 15.5. The Morgan fingerprint density at radius 3 is 2.31 bits per heavy atom. The first-order valence-electron chi connectivity index (χ1n) is 6.72. The van der Waals surface area contributed by atoms with E-state index in [0.717, 1.165) is 18.3 Å². The lowest BCUT2D eigenvalue weighted by molar-refractivity contribution is 0.429. The highest BCUT2D eigenvalue weighted by Crippen LogP contribution is 2.15. The van der Waals surface area contributed by atoms with Crippen molar-refractivity contribution in [2.45, 2.75) is 53.4 Å². The summed E-state index contributed by atoms with van der Waals surface area (Å²) in [5.74, 6) is 2.03. The molecule has 0 heterocycles. The quantitative estimate of drug-likeness (QED) is 0.480. The lowest BCUT2D eigenvalue weighted by Crippen LogP contribution is -2.02. The van der Waals surface area contributed by atoms with Gasteiger partial charge in [0.05, 0.1) is 0 Å². The summed E-state index contributed by atoms with van der Waals surface area (Å²) < 4.78 is 0. The standard InChI is InChI=1S/C16H29/c1-6-15(4)12-10-8-7-9-11-13-16(5)14(2)3/h7,9-10,12,14-16H,2,6,8,11,13H2,1,3-5H3. The number of hydrogen-bond donors (Lipinski definition) is 0. The number of allylic oxidation sites excluding steroid dienone is 4. The largest absolute Gasteiger partial charge is 0.0882 e. The minimum atomic E-state index is 0.568. The predicted octanol–water partition coefficient (Wildman–Crippen LogP) is 5.42. The molecule has 0 aliphatic heterocycles. The Morgan fingerprint density at radius 2 is 1.75 bits per heavy atom. The maximum Gasteiger partial charge on any atom is -0.0169 e. The van der Waals surface area contributed by atoms with Crippen molar-refractivity contribution in [1.29, 1.82) is 0 Å². The van der Waals surface area contributed by atoms with Crippen molar-refractivity contribution in [2.24, 2.45) is 17.8 Å². The van der Waals surface area contributed by atoms with Crippen LogP contribution in [-0.2, 0) is 0 Å². The highest BCUT2D eigenvalue weighted by molar-refractivity contribution is 4.94. The lowest BCUT2D eigenvalue weighted by atomic mass is 9.93. The van der Waals surface area contributed by atoms with Crippen molar-refractivity contribution in [3.8, 4) is 0 Å². The maximum absolute atomic E-state index is 4.06. The Morgan fingerprint density at radius 1 is 1.06 bits per heavy atom. The fourth-order valence-electron chi connectivity index (χ4n) is 1.38. The molecule has 93 valence electrons. The summed E-state index contributed by atoms with van der Waals surface area (Å²) in [5, 5.41) is 0. The highest BCUT2D eigenvalue weighted by atomic mass is 14.1. The van der Waals surface area contributed by atoms with Crippen LogP contribution in [0.3, 0.4) is 0 Å². The van der Waals surface area contributed by atoms with Crippen molar-refractivity contribution in [2.75, 3.05) is 0 Å². The summed E-state index contributed by atoms with van der Waals surface area (Å²) in [6.07, 6.45) is 13.9. The van der Waals surface area contributed by atoms with E-state index < -0.39 is 0 Å². The van der Waals surface area contributed by atoms with E-state index in [1.807, 2.05) is 0 Å². The van der Waals surface area contributed by atoms with Crippen molar-refractivity contribution in [1.82, 2.24) is 0 Å². The van der Waals surface area contributed by atoms with Crippen LogP contribution < -0.4 is 0 Å². The molecular weight excluding hydrogens is 192 g/mol. The molecule has 0 N–H and O–H groups in total. The minimum Gasteiger partial charge on any atom is -0.0882 e. The molecule has 0 saturated heterocycles. The molecule has 0 heteroatoms. The van der Waals surface area contributed by atoms with Gasteiger partial charge in [-0.3, -0.25) is 0 Å². The highest BCUT2D eigenvalue weighted by Gasteiger charge is 2.04. The van der Waals surface area contributed by atoms with Gasteiger partial charge in [0.2, 0.25) is 0 Å². The van der Waals surface area contributed by atoms with Crippen molar-refractivity contribution >= 4 is 0 Å². The lowest BCUT2D eigenvalue weighted by Gasteiger charge is -2.13. The molecule has 0 bridgehead atoms. The molecule has 0 aromatic rings. The van der Waals surface area contributed by atoms with E-state index in [2.05, 4.69) is 58.9 Å². The molecule has 0 amide bonds. The van der Waals surface area contributed by atoms with Crippen LogP contribution >= 0.6 is 0 Å². The van der Waals surface area contributed by atoms with Gasteiger partial charge in [0.25, 0.3) is 0 Å². The molecule has 1 radical (unpaired) electrons. The first-order valence-corrected chi connectivity index (χ1v) is 6.72. The molecule has 0 aromatic heterocycles. The van der Waals surface area contributed by atoms with E-state index in [4.69, 9.17) is 0 Å². The molecule has 0 aliphatic rings.